The number of aromatic nitrogens is 1. The van der Waals surface area contributed by atoms with Crippen molar-refractivity contribution in [3.05, 3.63) is 16.6 Å². The SMILES string of the molecule is CCC(CC1CC1)NC(C)c1cscn1. The summed E-state index contributed by atoms with van der Waals surface area (Å²) < 4.78 is 0. The van der Waals surface area contributed by atoms with Crippen molar-refractivity contribution in [2.24, 2.45) is 5.92 Å². The number of hydrogen-bond donors (Lipinski definition) is 1. The van der Waals surface area contributed by atoms with Gasteiger partial charge in [0.25, 0.3) is 0 Å². The Labute approximate surface area is 96.1 Å². The first-order valence-corrected chi connectivity index (χ1v) is 6.88. The van der Waals surface area contributed by atoms with Gasteiger partial charge in [-0.3, -0.25) is 0 Å². The predicted molar refractivity (Wildman–Crippen MR) is 65.1 cm³/mol. The zero-order chi connectivity index (χ0) is 10.7. The van der Waals surface area contributed by atoms with Crippen LogP contribution in [0.3, 0.4) is 0 Å². The second kappa shape index (κ2) is 5.08. The van der Waals surface area contributed by atoms with Gasteiger partial charge in [-0.25, -0.2) is 4.98 Å². The quantitative estimate of drug-likeness (QED) is 0.801. The molecule has 2 atom stereocenters. The number of nitrogens with one attached hydrogen (secondary N) is 1. The van der Waals surface area contributed by atoms with Crippen LogP contribution in [-0.4, -0.2) is 11.0 Å². The minimum absolute atomic E-state index is 0.403. The van der Waals surface area contributed by atoms with Crippen molar-refractivity contribution in [1.29, 1.82) is 0 Å². The first kappa shape index (κ1) is 11.1. The number of thiazole rings is 1. The van der Waals surface area contributed by atoms with E-state index in [4.69, 9.17) is 0 Å². The van der Waals surface area contributed by atoms with Gasteiger partial charge < -0.3 is 5.32 Å². The Kier molecular flexibility index (Phi) is 3.76. The zero-order valence-electron chi connectivity index (χ0n) is 9.57. The Hall–Kier alpha value is -0.410. The highest BCUT2D eigenvalue weighted by atomic mass is 32.1. The van der Waals surface area contributed by atoms with E-state index in [9.17, 15) is 0 Å². The molecule has 2 nitrogen and oxygen atoms in total. The lowest BCUT2D eigenvalue weighted by atomic mass is 10.1. The molecule has 2 unspecified atom stereocenters. The fourth-order valence-electron chi connectivity index (χ4n) is 1.98. The van der Waals surface area contributed by atoms with Gasteiger partial charge in [0.1, 0.15) is 0 Å². The molecule has 1 saturated carbocycles. The maximum atomic E-state index is 4.35. The van der Waals surface area contributed by atoms with Gasteiger partial charge in [-0.1, -0.05) is 19.8 Å². The van der Waals surface area contributed by atoms with Crippen LogP contribution >= 0.6 is 11.3 Å². The highest BCUT2D eigenvalue weighted by molar-refractivity contribution is 7.07. The summed E-state index contributed by atoms with van der Waals surface area (Å²) in [6.45, 7) is 4.48. The van der Waals surface area contributed by atoms with Crippen molar-refractivity contribution in [2.75, 3.05) is 0 Å². The maximum absolute atomic E-state index is 4.35. The normalized spacial score (nSPS) is 20.1. The zero-order valence-corrected chi connectivity index (χ0v) is 10.4. The molecule has 3 heteroatoms. The van der Waals surface area contributed by atoms with E-state index >= 15 is 0 Å². The van der Waals surface area contributed by atoms with Crippen LogP contribution in [0.25, 0.3) is 0 Å². The van der Waals surface area contributed by atoms with Crippen LogP contribution in [0.5, 0.6) is 0 Å². The molecule has 1 aromatic heterocycles. The molecule has 0 spiro atoms. The van der Waals surface area contributed by atoms with E-state index in [1.54, 1.807) is 11.3 Å². The van der Waals surface area contributed by atoms with Gasteiger partial charge in [0.05, 0.1) is 11.2 Å². The van der Waals surface area contributed by atoms with Crippen molar-refractivity contribution < 1.29 is 0 Å². The predicted octanol–water partition coefficient (Wildman–Crippen LogP) is 3.37. The molecule has 0 amide bonds. The highest BCUT2D eigenvalue weighted by Crippen LogP contribution is 2.34. The molecule has 0 saturated heterocycles. The number of hydrogen-bond acceptors (Lipinski definition) is 3. The molecule has 0 aromatic carbocycles. The van der Waals surface area contributed by atoms with Crippen molar-refractivity contribution in [3.63, 3.8) is 0 Å². The summed E-state index contributed by atoms with van der Waals surface area (Å²) in [5, 5.41) is 5.82. The summed E-state index contributed by atoms with van der Waals surface area (Å²) in [7, 11) is 0. The van der Waals surface area contributed by atoms with Gasteiger partial charge in [0.2, 0.25) is 0 Å². The molecule has 1 aliphatic rings. The summed E-state index contributed by atoms with van der Waals surface area (Å²) in [4.78, 5) is 4.35. The molecule has 1 aromatic rings. The summed E-state index contributed by atoms with van der Waals surface area (Å²) in [5.74, 6) is 1.00. The van der Waals surface area contributed by atoms with Crippen LogP contribution in [0.2, 0.25) is 0 Å². The van der Waals surface area contributed by atoms with E-state index in [0.717, 1.165) is 5.92 Å². The van der Waals surface area contributed by atoms with Gasteiger partial charge in [-0.2, -0.15) is 0 Å². The van der Waals surface area contributed by atoms with Crippen molar-refractivity contribution >= 4 is 11.3 Å². The van der Waals surface area contributed by atoms with Crippen LogP contribution in [-0.2, 0) is 0 Å². The standard InChI is InChI=1S/C12H20N2S/c1-3-11(6-10-4-5-10)14-9(2)12-7-15-8-13-12/h7-11,14H,3-6H2,1-2H3. The monoisotopic (exact) mass is 224 g/mol. The van der Waals surface area contributed by atoms with Crippen molar-refractivity contribution in [3.8, 4) is 0 Å². The van der Waals surface area contributed by atoms with Crippen LogP contribution in [0.4, 0.5) is 0 Å². The Morgan fingerprint density at radius 2 is 2.40 bits per heavy atom. The summed E-state index contributed by atoms with van der Waals surface area (Å²) in [6.07, 6.45) is 5.47. The second-order valence-corrected chi connectivity index (χ2v) is 5.30. The van der Waals surface area contributed by atoms with Crippen molar-refractivity contribution in [2.45, 2.75) is 51.6 Å². The molecule has 1 heterocycles. The molecular weight excluding hydrogens is 204 g/mol. The van der Waals surface area contributed by atoms with Gasteiger partial charge in [-0.15, -0.1) is 11.3 Å². The Bertz CT molecular complexity index is 280. The van der Waals surface area contributed by atoms with E-state index in [0.29, 0.717) is 12.1 Å². The minimum Gasteiger partial charge on any atom is -0.306 e. The third kappa shape index (κ3) is 3.28. The van der Waals surface area contributed by atoms with Crippen LogP contribution in [0.15, 0.2) is 10.9 Å². The smallest absolute Gasteiger partial charge is 0.0795 e. The molecule has 1 aliphatic carbocycles. The molecule has 0 bridgehead atoms. The summed E-state index contributed by atoms with van der Waals surface area (Å²) in [6, 6.07) is 1.08. The molecule has 2 rings (SSSR count). The van der Waals surface area contributed by atoms with Gasteiger partial charge in [0, 0.05) is 17.5 Å². The average molecular weight is 224 g/mol. The Morgan fingerprint density at radius 1 is 1.60 bits per heavy atom. The molecule has 1 fully saturated rings. The van der Waals surface area contributed by atoms with E-state index in [1.807, 2.05) is 5.51 Å². The lowest BCUT2D eigenvalue weighted by Gasteiger charge is -2.21. The maximum Gasteiger partial charge on any atom is 0.0795 e. The fourth-order valence-corrected chi connectivity index (χ4v) is 2.63. The first-order chi connectivity index (χ1) is 7.29. The molecule has 15 heavy (non-hydrogen) atoms. The molecular formula is C12H20N2S. The molecule has 84 valence electrons. The number of nitrogens with zero attached hydrogens (tertiary/aromatic N) is 1. The lowest BCUT2D eigenvalue weighted by molar-refractivity contribution is 0.400. The summed E-state index contributed by atoms with van der Waals surface area (Å²) >= 11 is 1.68. The van der Waals surface area contributed by atoms with E-state index in [1.165, 1.54) is 31.4 Å². The lowest BCUT2D eigenvalue weighted by Crippen LogP contribution is -2.31. The van der Waals surface area contributed by atoms with Crippen LogP contribution in [0.1, 0.15) is 51.3 Å². The van der Waals surface area contributed by atoms with Gasteiger partial charge in [-0.05, 0) is 25.7 Å². The Balaban J connectivity index is 1.82. The molecule has 0 aliphatic heterocycles. The summed E-state index contributed by atoms with van der Waals surface area (Å²) in [5.41, 5.74) is 3.10. The fraction of sp³-hybridized carbons (Fsp3) is 0.750. The van der Waals surface area contributed by atoms with Gasteiger partial charge in [0.15, 0.2) is 0 Å². The van der Waals surface area contributed by atoms with E-state index in [2.05, 4.69) is 29.5 Å². The topological polar surface area (TPSA) is 24.9 Å². The number of rotatable bonds is 6. The minimum atomic E-state index is 0.403. The molecule has 0 radical (unpaired) electrons. The third-order valence-electron chi connectivity index (χ3n) is 3.19. The van der Waals surface area contributed by atoms with Crippen molar-refractivity contribution in [1.82, 2.24) is 10.3 Å². The first-order valence-electron chi connectivity index (χ1n) is 5.93. The second-order valence-electron chi connectivity index (χ2n) is 4.59. The molecule has 1 N–H and O–H groups in total. The Morgan fingerprint density at radius 3 is 2.93 bits per heavy atom. The average Bonchev–Trinajstić information content (AvgIpc) is 2.88. The van der Waals surface area contributed by atoms with Crippen LogP contribution in [0, 0.1) is 5.92 Å². The van der Waals surface area contributed by atoms with Gasteiger partial charge >= 0.3 is 0 Å². The largest absolute Gasteiger partial charge is 0.306 e. The highest BCUT2D eigenvalue weighted by Gasteiger charge is 2.25. The van der Waals surface area contributed by atoms with E-state index in [-0.39, 0.29) is 0 Å². The third-order valence-corrected chi connectivity index (χ3v) is 3.79. The van der Waals surface area contributed by atoms with Crippen LogP contribution < -0.4 is 5.32 Å². The van der Waals surface area contributed by atoms with E-state index < -0.39 is 0 Å².